The number of aliphatic imine (C=N–C) groups is 2. The van der Waals surface area contributed by atoms with Crippen molar-refractivity contribution >= 4 is 18.0 Å². The van der Waals surface area contributed by atoms with Crippen molar-refractivity contribution in [1.29, 1.82) is 0 Å². The zero-order valence-electron chi connectivity index (χ0n) is 21.8. The first-order valence-corrected chi connectivity index (χ1v) is 13.1. The van der Waals surface area contributed by atoms with Crippen LogP contribution in [0.25, 0.3) is 0 Å². The summed E-state index contributed by atoms with van der Waals surface area (Å²) in [6.45, 7) is 7.75. The minimum Gasteiger partial charge on any atom is -0.501 e. The van der Waals surface area contributed by atoms with Gasteiger partial charge in [-0.25, -0.2) is 10.5 Å². The van der Waals surface area contributed by atoms with E-state index < -0.39 is 0 Å². The third-order valence-electron chi connectivity index (χ3n) is 7.23. The minimum atomic E-state index is -0.282. The Morgan fingerprint density at radius 3 is 2.58 bits per heavy atom. The Morgan fingerprint density at radius 2 is 1.94 bits per heavy atom. The second-order valence-corrected chi connectivity index (χ2v) is 9.61. The van der Waals surface area contributed by atoms with Crippen molar-refractivity contribution in [3.8, 4) is 0 Å². The number of methoxy groups -OCH3 is 1. The average molecular weight is 497 g/mol. The normalized spacial score (nSPS) is 24.8. The molecule has 3 aliphatic heterocycles. The van der Waals surface area contributed by atoms with Crippen LogP contribution < -0.4 is 10.8 Å². The van der Waals surface area contributed by atoms with Crippen molar-refractivity contribution in [1.82, 2.24) is 20.6 Å². The molecular formula is C27H40N6O3. The van der Waals surface area contributed by atoms with Gasteiger partial charge in [0.1, 0.15) is 12.0 Å². The maximum absolute atomic E-state index is 12.2. The van der Waals surface area contributed by atoms with E-state index in [1.165, 1.54) is 18.5 Å². The molecule has 0 aromatic carbocycles. The zero-order chi connectivity index (χ0) is 25.3. The van der Waals surface area contributed by atoms with Crippen LogP contribution in [0.5, 0.6) is 0 Å². The van der Waals surface area contributed by atoms with Crippen LogP contribution in [0.15, 0.2) is 57.0 Å². The molecule has 2 unspecified atom stereocenters. The van der Waals surface area contributed by atoms with Crippen molar-refractivity contribution in [3.63, 3.8) is 0 Å². The monoisotopic (exact) mass is 496 g/mol. The molecule has 9 nitrogen and oxygen atoms in total. The van der Waals surface area contributed by atoms with Gasteiger partial charge in [0.05, 0.1) is 25.9 Å². The summed E-state index contributed by atoms with van der Waals surface area (Å²) in [5, 5.41) is 3.56. The van der Waals surface area contributed by atoms with Gasteiger partial charge in [-0.15, -0.1) is 0 Å². The number of nitrogens with zero attached hydrogens (tertiary/aromatic N) is 4. The number of amidine groups is 1. The van der Waals surface area contributed by atoms with Crippen molar-refractivity contribution in [2.75, 3.05) is 46.9 Å². The first-order chi connectivity index (χ1) is 17.6. The van der Waals surface area contributed by atoms with Gasteiger partial charge in [0, 0.05) is 63.6 Å². The van der Waals surface area contributed by atoms with Gasteiger partial charge in [-0.2, -0.15) is 0 Å². The largest absolute Gasteiger partial charge is 0.501 e. The molecule has 0 spiro atoms. The third-order valence-corrected chi connectivity index (χ3v) is 7.23. The van der Waals surface area contributed by atoms with Gasteiger partial charge in [-0.05, 0) is 43.0 Å². The lowest BCUT2D eigenvalue weighted by atomic mass is 9.91. The number of hydrogen-bond acceptors (Lipinski definition) is 8. The van der Waals surface area contributed by atoms with E-state index in [0.29, 0.717) is 6.42 Å². The molecule has 4 rings (SSSR count). The average Bonchev–Trinajstić information content (AvgIpc) is 2.93. The Bertz CT molecular complexity index is 972. The molecule has 2 atom stereocenters. The van der Waals surface area contributed by atoms with Gasteiger partial charge < -0.3 is 19.9 Å². The fraction of sp³-hybridized carbons (Fsp3) is 0.593. The van der Waals surface area contributed by atoms with Crippen LogP contribution in [-0.4, -0.2) is 80.9 Å². The number of carbonyl (C=O) groups is 1. The summed E-state index contributed by atoms with van der Waals surface area (Å²) in [5.41, 5.74) is 5.90. The van der Waals surface area contributed by atoms with E-state index >= 15 is 0 Å². The van der Waals surface area contributed by atoms with Crippen LogP contribution >= 0.6 is 0 Å². The fourth-order valence-electron chi connectivity index (χ4n) is 5.02. The zero-order valence-corrected chi connectivity index (χ0v) is 21.8. The van der Waals surface area contributed by atoms with E-state index in [1.54, 1.807) is 7.11 Å². The number of hydroxylamine groups is 1. The van der Waals surface area contributed by atoms with Gasteiger partial charge in [-0.3, -0.25) is 14.6 Å². The van der Waals surface area contributed by atoms with Crippen molar-refractivity contribution in [2.45, 2.75) is 51.6 Å². The number of hydrogen-bond donors (Lipinski definition) is 2. The molecule has 0 radical (unpaired) electrons. The summed E-state index contributed by atoms with van der Waals surface area (Å²) in [5.74, 6) is 1.59. The van der Waals surface area contributed by atoms with Crippen LogP contribution in [-0.2, 0) is 14.4 Å². The number of piperazine rings is 1. The molecule has 1 amide bonds. The van der Waals surface area contributed by atoms with Gasteiger partial charge >= 0.3 is 0 Å². The van der Waals surface area contributed by atoms with Crippen LogP contribution in [0.4, 0.5) is 0 Å². The Hall–Kier alpha value is -2.91. The van der Waals surface area contributed by atoms with Crippen molar-refractivity contribution < 1.29 is 14.4 Å². The molecule has 4 aliphatic rings. The maximum Gasteiger partial charge on any atom is 0.250 e. The molecule has 196 valence electrons. The van der Waals surface area contributed by atoms with Gasteiger partial charge in [-0.1, -0.05) is 19.1 Å². The lowest BCUT2D eigenvalue weighted by Crippen LogP contribution is -2.48. The lowest BCUT2D eigenvalue weighted by Gasteiger charge is -2.36. The van der Waals surface area contributed by atoms with Crippen LogP contribution in [0.1, 0.15) is 45.4 Å². The SMILES string of the molecule is CCN1CCN(C2=NC=C(NC3CC=C(CCC4=CC(C(=O)NOC)CC(OC)=C4)C=N3)CC2)CC1. The molecule has 1 aliphatic carbocycles. The summed E-state index contributed by atoms with van der Waals surface area (Å²) < 4.78 is 5.44. The molecule has 3 heterocycles. The molecular weight excluding hydrogens is 456 g/mol. The molecule has 0 aromatic rings. The highest BCUT2D eigenvalue weighted by Crippen LogP contribution is 2.27. The Morgan fingerprint density at radius 1 is 1.14 bits per heavy atom. The van der Waals surface area contributed by atoms with Crippen LogP contribution in [0.3, 0.4) is 0 Å². The Kier molecular flexibility index (Phi) is 9.35. The molecule has 0 bridgehead atoms. The highest BCUT2D eigenvalue weighted by molar-refractivity contribution is 5.84. The van der Waals surface area contributed by atoms with E-state index in [9.17, 15) is 4.79 Å². The summed E-state index contributed by atoms with van der Waals surface area (Å²) in [6, 6.07) is 0. The molecule has 2 N–H and O–H groups in total. The quantitative estimate of drug-likeness (QED) is 0.477. The Balaban J connectivity index is 1.24. The first-order valence-electron chi connectivity index (χ1n) is 13.1. The van der Waals surface area contributed by atoms with E-state index in [4.69, 9.17) is 19.6 Å². The second kappa shape index (κ2) is 12.9. The summed E-state index contributed by atoms with van der Waals surface area (Å²) in [4.78, 5) is 31.4. The van der Waals surface area contributed by atoms with Crippen LogP contribution in [0.2, 0.25) is 0 Å². The number of dihydropyridines is 1. The summed E-state index contributed by atoms with van der Waals surface area (Å²) >= 11 is 0. The molecule has 9 heteroatoms. The van der Waals surface area contributed by atoms with Crippen molar-refractivity contribution in [3.05, 3.63) is 47.0 Å². The molecule has 36 heavy (non-hydrogen) atoms. The predicted molar refractivity (Wildman–Crippen MR) is 142 cm³/mol. The summed E-state index contributed by atoms with van der Waals surface area (Å²) in [7, 11) is 3.09. The fourth-order valence-corrected chi connectivity index (χ4v) is 5.02. The molecule has 1 fully saturated rings. The number of allylic oxidation sites excluding steroid dienone is 5. The number of amides is 1. The van der Waals surface area contributed by atoms with Crippen molar-refractivity contribution in [2.24, 2.45) is 15.9 Å². The highest BCUT2D eigenvalue weighted by Gasteiger charge is 2.23. The van der Waals surface area contributed by atoms with E-state index in [2.05, 4.69) is 33.6 Å². The second-order valence-electron chi connectivity index (χ2n) is 9.61. The van der Waals surface area contributed by atoms with Gasteiger partial charge in [0.2, 0.25) is 0 Å². The number of rotatable bonds is 9. The first kappa shape index (κ1) is 26.2. The number of nitrogens with one attached hydrogen (secondary N) is 2. The maximum atomic E-state index is 12.2. The van der Waals surface area contributed by atoms with Crippen LogP contribution in [0, 0.1) is 5.92 Å². The third kappa shape index (κ3) is 7.07. The predicted octanol–water partition coefficient (Wildman–Crippen LogP) is 2.91. The summed E-state index contributed by atoms with van der Waals surface area (Å²) in [6.07, 6.45) is 15.4. The smallest absolute Gasteiger partial charge is 0.250 e. The molecule has 1 saturated heterocycles. The Labute approximate surface area is 214 Å². The molecule has 0 saturated carbocycles. The molecule has 0 aromatic heterocycles. The van der Waals surface area contributed by atoms with Gasteiger partial charge in [0.15, 0.2) is 0 Å². The highest BCUT2D eigenvalue weighted by atomic mass is 16.6. The van der Waals surface area contributed by atoms with Gasteiger partial charge in [0.25, 0.3) is 5.91 Å². The number of carbonyl (C=O) groups excluding carboxylic acids is 1. The van der Waals surface area contributed by atoms with E-state index in [1.807, 2.05) is 24.6 Å². The van der Waals surface area contributed by atoms with E-state index in [0.717, 1.165) is 81.9 Å². The lowest BCUT2D eigenvalue weighted by molar-refractivity contribution is -0.134. The standard InChI is InChI=1S/C27H40N6O3/c1-4-32-11-13-33(14-12-32)26-10-8-23(19-29-26)30-25-9-7-20(18-28-25)5-6-21-15-22(27(34)31-36-3)17-24(16-21)35-2/h7,15-16,18-19,22,25,30H,4-6,8-14,17H2,1-3H3,(H,31,34). The topological polar surface area (TPSA) is 90.8 Å². The number of likely N-dealkylation sites (N-methyl/N-ethyl adjacent to an activating group) is 1. The minimum absolute atomic E-state index is 0.0563. The van der Waals surface area contributed by atoms with E-state index in [-0.39, 0.29) is 18.0 Å². The number of ether oxygens (including phenoxy) is 1.